The molecule has 0 radical (unpaired) electrons. The Morgan fingerprint density at radius 1 is 1.39 bits per heavy atom. The highest BCUT2D eigenvalue weighted by Gasteiger charge is 2.42. The highest BCUT2D eigenvalue weighted by molar-refractivity contribution is 8.00. The summed E-state index contributed by atoms with van der Waals surface area (Å²) in [5.41, 5.74) is -1.43. The van der Waals surface area contributed by atoms with Gasteiger partial charge in [-0.25, -0.2) is 4.79 Å². The molecular weight excluding hydrogens is 256 g/mol. The number of hydrogen-bond donors (Lipinski definition) is 4. The van der Waals surface area contributed by atoms with Crippen LogP contribution in [0, 0.1) is 0 Å². The Hall–Kier alpha value is -0.950. The molecule has 104 valence electrons. The maximum absolute atomic E-state index is 11.5. The molecule has 0 aliphatic heterocycles. The Balaban J connectivity index is 2.22. The minimum Gasteiger partial charge on any atom is -0.481 e. The molecule has 2 amide bonds. The molecule has 4 N–H and O–H groups in total. The number of amides is 2. The van der Waals surface area contributed by atoms with Gasteiger partial charge in [-0.2, -0.15) is 11.8 Å². The normalized spacial score (nSPS) is 19.7. The van der Waals surface area contributed by atoms with Crippen LogP contribution in [-0.2, 0) is 4.79 Å². The molecule has 1 aliphatic carbocycles. The molecule has 6 nitrogen and oxygen atoms in total. The third-order valence-electron chi connectivity index (χ3n) is 2.97. The third-order valence-corrected chi connectivity index (χ3v) is 4.39. The first-order valence-corrected chi connectivity index (χ1v) is 7.02. The average molecular weight is 276 g/mol. The lowest BCUT2D eigenvalue weighted by molar-refractivity contribution is -0.141. The van der Waals surface area contributed by atoms with Crippen LogP contribution in [0.25, 0.3) is 0 Å². The number of carboxylic acids is 1. The molecule has 0 heterocycles. The Labute approximate surface area is 111 Å². The van der Waals surface area contributed by atoms with Crippen LogP contribution in [0.3, 0.4) is 0 Å². The molecule has 0 saturated heterocycles. The molecule has 0 aromatic carbocycles. The van der Waals surface area contributed by atoms with Crippen molar-refractivity contribution in [3.8, 4) is 0 Å². The number of carbonyl (C=O) groups excluding carboxylic acids is 1. The standard InChI is InChI=1S/C11H20N2O4S/c1-10(17,5-8(14)15)6-12-9(16)13-7-11(18-2)3-4-11/h17H,3-7H2,1-2H3,(H,14,15)(H2,12,13,16). The number of thioether (sulfide) groups is 1. The molecule has 18 heavy (non-hydrogen) atoms. The molecule has 0 aromatic heterocycles. The van der Waals surface area contributed by atoms with E-state index in [1.54, 1.807) is 11.8 Å². The number of rotatable bonds is 7. The molecule has 1 fully saturated rings. The molecule has 7 heteroatoms. The monoisotopic (exact) mass is 276 g/mol. The summed E-state index contributed by atoms with van der Waals surface area (Å²) >= 11 is 1.74. The molecule has 1 saturated carbocycles. The Morgan fingerprint density at radius 2 is 2.00 bits per heavy atom. The van der Waals surface area contributed by atoms with Gasteiger partial charge in [-0.15, -0.1) is 0 Å². The van der Waals surface area contributed by atoms with Crippen molar-refractivity contribution in [3.63, 3.8) is 0 Å². The van der Waals surface area contributed by atoms with E-state index in [-0.39, 0.29) is 17.3 Å². The van der Waals surface area contributed by atoms with E-state index in [4.69, 9.17) is 5.11 Å². The topological polar surface area (TPSA) is 98.7 Å². The minimum atomic E-state index is -1.43. The highest BCUT2D eigenvalue weighted by atomic mass is 32.2. The van der Waals surface area contributed by atoms with E-state index < -0.39 is 18.0 Å². The molecule has 0 spiro atoms. The van der Waals surface area contributed by atoms with Crippen LogP contribution in [0.1, 0.15) is 26.2 Å². The van der Waals surface area contributed by atoms with Gasteiger partial charge < -0.3 is 20.8 Å². The molecule has 1 rings (SSSR count). The number of carboxylic acid groups (broad SMARTS) is 1. The van der Waals surface area contributed by atoms with Crippen LogP contribution in [0.5, 0.6) is 0 Å². The van der Waals surface area contributed by atoms with Crippen molar-refractivity contribution in [1.82, 2.24) is 10.6 Å². The first-order chi connectivity index (χ1) is 8.29. The first kappa shape index (κ1) is 15.1. The van der Waals surface area contributed by atoms with Gasteiger partial charge in [0, 0.05) is 17.8 Å². The van der Waals surface area contributed by atoms with Crippen LogP contribution in [0.2, 0.25) is 0 Å². The summed E-state index contributed by atoms with van der Waals surface area (Å²) < 4.78 is 0.181. The van der Waals surface area contributed by atoms with Crippen LogP contribution >= 0.6 is 11.8 Å². The van der Waals surface area contributed by atoms with Crippen molar-refractivity contribution in [2.75, 3.05) is 19.3 Å². The summed E-state index contributed by atoms with van der Waals surface area (Å²) in [5, 5.41) is 23.5. The second kappa shape index (κ2) is 5.79. The Bertz CT molecular complexity index is 329. The lowest BCUT2D eigenvalue weighted by atomic mass is 10.0. The van der Waals surface area contributed by atoms with Crippen molar-refractivity contribution in [3.05, 3.63) is 0 Å². The molecule has 1 atom stereocenters. The van der Waals surface area contributed by atoms with E-state index in [1.165, 1.54) is 6.92 Å². The maximum atomic E-state index is 11.5. The quantitative estimate of drug-likeness (QED) is 0.540. The van der Waals surface area contributed by atoms with Gasteiger partial charge in [-0.1, -0.05) is 0 Å². The van der Waals surface area contributed by atoms with E-state index in [0.717, 1.165) is 12.8 Å². The van der Waals surface area contributed by atoms with E-state index in [0.29, 0.717) is 6.54 Å². The molecule has 0 aromatic rings. The van der Waals surface area contributed by atoms with Gasteiger partial charge in [-0.05, 0) is 26.0 Å². The Morgan fingerprint density at radius 3 is 2.44 bits per heavy atom. The number of nitrogens with one attached hydrogen (secondary N) is 2. The molecule has 1 aliphatic rings. The van der Waals surface area contributed by atoms with Crippen LogP contribution in [0.15, 0.2) is 0 Å². The van der Waals surface area contributed by atoms with Crippen LogP contribution < -0.4 is 10.6 Å². The lowest BCUT2D eigenvalue weighted by Gasteiger charge is -2.22. The number of aliphatic hydroxyl groups is 1. The van der Waals surface area contributed by atoms with Crippen molar-refractivity contribution in [2.45, 2.75) is 36.5 Å². The summed E-state index contributed by atoms with van der Waals surface area (Å²) in [4.78, 5) is 21.9. The fraction of sp³-hybridized carbons (Fsp3) is 0.818. The van der Waals surface area contributed by atoms with E-state index in [2.05, 4.69) is 10.6 Å². The summed E-state index contributed by atoms with van der Waals surface area (Å²) in [6.45, 7) is 1.89. The second-order valence-corrected chi connectivity index (χ2v) is 6.27. The smallest absolute Gasteiger partial charge is 0.314 e. The predicted octanol–water partition coefficient (Wildman–Crippen LogP) is 0.407. The second-order valence-electron chi connectivity index (χ2n) is 4.99. The zero-order chi connectivity index (χ0) is 13.8. The number of aliphatic carboxylic acids is 1. The zero-order valence-electron chi connectivity index (χ0n) is 10.7. The summed E-state index contributed by atoms with van der Waals surface area (Å²) in [5.74, 6) is -1.10. The fourth-order valence-corrected chi connectivity index (χ4v) is 2.28. The van der Waals surface area contributed by atoms with Gasteiger partial charge in [0.1, 0.15) is 0 Å². The molecule has 0 bridgehead atoms. The van der Waals surface area contributed by atoms with E-state index in [1.807, 2.05) is 6.26 Å². The van der Waals surface area contributed by atoms with Gasteiger partial charge in [0.05, 0.1) is 12.0 Å². The highest BCUT2D eigenvalue weighted by Crippen LogP contribution is 2.46. The molecular formula is C11H20N2O4S. The van der Waals surface area contributed by atoms with Crippen LogP contribution in [-0.4, -0.2) is 51.9 Å². The predicted molar refractivity (Wildman–Crippen MR) is 69.8 cm³/mol. The third kappa shape index (κ3) is 5.14. The SMILES string of the molecule is CSC1(CNC(=O)NCC(C)(O)CC(=O)O)CC1. The Kier molecular flexibility index (Phi) is 4.86. The van der Waals surface area contributed by atoms with Gasteiger partial charge in [0.15, 0.2) is 0 Å². The van der Waals surface area contributed by atoms with Gasteiger partial charge >= 0.3 is 12.0 Å². The number of hydrogen-bond acceptors (Lipinski definition) is 4. The maximum Gasteiger partial charge on any atom is 0.314 e. The van der Waals surface area contributed by atoms with Gasteiger partial charge in [-0.3, -0.25) is 4.79 Å². The van der Waals surface area contributed by atoms with Crippen molar-refractivity contribution in [2.24, 2.45) is 0 Å². The van der Waals surface area contributed by atoms with Crippen molar-refractivity contribution < 1.29 is 19.8 Å². The van der Waals surface area contributed by atoms with E-state index >= 15 is 0 Å². The van der Waals surface area contributed by atoms with Crippen molar-refractivity contribution >= 4 is 23.8 Å². The van der Waals surface area contributed by atoms with Crippen molar-refractivity contribution in [1.29, 1.82) is 0 Å². The summed E-state index contributed by atoms with van der Waals surface area (Å²) in [6, 6.07) is -0.374. The fourth-order valence-electron chi connectivity index (χ4n) is 1.56. The van der Waals surface area contributed by atoms with Gasteiger partial charge in [0.2, 0.25) is 0 Å². The summed E-state index contributed by atoms with van der Waals surface area (Å²) in [6.07, 6.45) is 3.82. The number of urea groups is 1. The average Bonchev–Trinajstić information content (AvgIpc) is 3.03. The van der Waals surface area contributed by atoms with Crippen LogP contribution in [0.4, 0.5) is 4.79 Å². The van der Waals surface area contributed by atoms with Gasteiger partial charge in [0.25, 0.3) is 0 Å². The molecule has 1 unspecified atom stereocenters. The number of carbonyl (C=O) groups is 2. The minimum absolute atomic E-state index is 0.0859. The van der Waals surface area contributed by atoms with E-state index in [9.17, 15) is 14.7 Å². The largest absolute Gasteiger partial charge is 0.481 e. The summed E-state index contributed by atoms with van der Waals surface area (Å²) in [7, 11) is 0. The zero-order valence-corrected chi connectivity index (χ0v) is 11.5. The lowest BCUT2D eigenvalue weighted by Crippen LogP contribution is -2.47. The first-order valence-electron chi connectivity index (χ1n) is 5.80.